The first-order valence-electron chi connectivity index (χ1n) is 9.38. The van der Waals surface area contributed by atoms with Gasteiger partial charge in [0, 0.05) is 5.92 Å². The molecule has 0 spiro atoms. The molecule has 158 valence electrons. The molecule has 3 aromatic rings. The lowest BCUT2D eigenvalue weighted by Crippen LogP contribution is -2.19. The van der Waals surface area contributed by atoms with Gasteiger partial charge in [-0.2, -0.15) is 8.78 Å². The summed E-state index contributed by atoms with van der Waals surface area (Å²) < 4.78 is 35.1. The summed E-state index contributed by atoms with van der Waals surface area (Å²) in [5.41, 5.74) is 3.83. The third-order valence-corrected chi connectivity index (χ3v) is 5.03. The van der Waals surface area contributed by atoms with Crippen LogP contribution in [0, 0.1) is 0 Å². The average Bonchev–Trinajstić information content (AvgIpc) is 3.07. The van der Waals surface area contributed by atoms with Gasteiger partial charge >= 0.3 is 18.7 Å². The Morgan fingerprint density at radius 1 is 0.968 bits per heavy atom. The largest absolute Gasteiger partial charge is 0.478 e. The Bertz CT molecular complexity index is 1100. The van der Waals surface area contributed by atoms with E-state index in [9.17, 15) is 18.4 Å². The van der Waals surface area contributed by atoms with Gasteiger partial charge in [0.15, 0.2) is 5.75 Å². The van der Waals surface area contributed by atoms with E-state index in [4.69, 9.17) is 9.84 Å². The maximum absolute atomic E-state index is 12.7. The zero-order valence-corrected chi connectivity index (χ0v) is 16.0. The SMILES string of the molecule is O=C(Nc1ccc(C(=O)O)cc1OC(F)F)OCC1c2ccccc2-c2ccccc21. The van der Waals surface area contributed by atoms with Crippen LogP contribution in [0.25, 0.3) is 11.1 Å². The van der Waals surface area contributed by atoms with Crippen molar-refractivity contribution in [1.29, 1.82) is 0 Å². The normalized spacial score (nSPS) is 12.2. The topological polar surface area (TPSA) is 84.9 Å². The molecular formula is C23H17F2NO5. The number of carbonyl (C=O) groups excluding carboxylic acids is 1. The predicted molar refractivity (Wildman–Crippen MR) is 109 cm³/mol. The molecule has 0 fully saturated rings. The van der Waals surface area contributed by atoms with Gasteiger partial charge in [0.25, 0.3) is 0 Å². The van der Waals surface area contributed by atoms with E-state index in [-0.39, 0.29) is 23.8 Å². The number of nitrogens with one attached hydrogen (secondary N) is 1. The van der Waals surface area contributed by atoms with Gasteiger partial charge in [0.05, 0.1) is 11.3 Å². The molecule has 0 bridgehead atoms. The molecule has 0 saturated carbocycles. The van der Waals surface area contributed by atoms with Crippen LogP contribution in [0.4, 0.5) is 19.3 Å². The second-order valence-electron chi connectivity index (χ2n) is 6.85. The van der Waals surface area contributed by atoms with Crippen molar-refractivity contribution in [2.24, 2.45) is 0 Å². The summed E-state index contributed by atoms with van der Waals surface area (Å²) in [5, 5.41) is 11.4. The summed E-state index contributed by atoms with van der Waals surface area (Å²) in [4.78, 5) is 23.4. The Labute approximate surface area is 176 Å². The molecule has 3 aromatic carbocycles. The summed E-state index contributed by atoms with van der Waals surface area (Å²) in [7, 11) is 0. The second-order valence-corrected chi connectivity index (χ2v) is 6.85. The zero-order valence-electron chi connectivity index (χ0n) is 16.0. The highest BCUT2D eigenvalue weighted by atomic mass is 19.3. The van der Waals surface area contributed by atoms with Crippen molar-refractivity contribution in [3.05, 3.63) is 83.4 Å². The fourth-order valence-electron chi connectivity index (χ4n) is 3.70. The van der Waals surface area contributed by atoms with E-state index in [1.54, 1.807) is 0 Å². The van der Waals surface area contributed by atoms with Crippen molar-refractivity contribution in [2.45, 2.75) is 12.5 Å². The number of benzene rings is 3. The van der Waals surface area contributed by atoms with E-state index >= 15 is 0 Å². The number of carboxylic acid groups (broad SMARTS) is 1. The van der Waals surface area contributed by atoms with Crippen LogP contribution in [0.5, 0.6) is 5.75 Å². The number of anilines is 1. The summed E-state index contributed by atoms with van der Waals surface area (Å²) in [6, 6.07) is 18.9. The lowest BCUT2D eigenvalue weighted by molar-refractivity contribution is -0.0494. The standard InChI is InChI=1S/C23H17F2NO5/c24-22(25)31-20-11-13(21(27)28)9-10-19(20)26-23(29)30-12-18-16-7-3-1-5-14(16)15-6-2-4-8-17(15)18/h1-11,18,22H,12H2,(H,26,29)(H,27,28). The number of rotatable bonds is 6. The molecular weight excluding hydrogens is 408 g/mol. The van der Waals surface area contributed by atoms with E-state index < -0.39 is 24.4 Å². The Balaban J connectivity index is 1.50. The molecule has 31 heavy (non-hydrogen) atoms. The minimum Gasteiger partial charge on any atom is -0.478 e. The van der Waals surface area contributed by atoms with Crippen molar-refractivity contribution in [2.75, 3.05) is 11.9 Å². The molecule has 6 nitrogen and oxygen atoms in total. The first-order chi connectivity index (χ1) is 14.9. The van der Waals surface area contributed by atoms with E-state index in [1.165, 1.54) is 12.1 Å². The van der Waals surface area contributed by atoms with Crippen LogP contribution in [0.2, 0.25) is 0 Å². The third kappa shape index (κ3) is 4.18. The minimum absolute atomic E-state index is 0.0398. The smallest absolute Gasteiger partial charge is 0.411 e. The second kappa shape index (κ2) is 8.43. The van der Waals surface area contributed by atoms with Crippen molar-refractivity contribution in [3.63, 3.8) is 0 Å². The maximum Gasteiger partial charge on any atom is 0.411 e. The molecule has 8 heteroatoms. The molecule has 0 unspecified atom stereocenters. The number of carboxylic acids is 1. The lowest BCUT2D eigenvalue weighted by Gasteiger charge is -2.16. The van der Waals surface area contributed by atoms with Gasteiger partial charge in [-0.25, -0.2) is 9.59 Å². The summed E-state index contributed by atoms with van der Waals surface area (Å²) in [6.45, 7) is -3.15. The highest BCUT2D eigenvalue weighted by Crippen LogP contribution is 2.44. The molecule has 1 aliphatic carbocycles. The van der Waals surface area contributed by atoms with Crippen molar-refractivity contribution in [3.8, 4) is 16.9 Å². The zero-order chi connectivity index (χ0) is 22.0. The number of halogens is 2. The molecule has 1 aliphatic rings. The molecule has 0 saturated heterocycles. The van der Waals surface area contributed by atoms with Gasteiger partial charge < -0.3 is 14.6 Å². The van der Waals surface area contributed by atoms with Crippen LogP contribution in [0.3, 0.4) is 0 Å². The van der Waals surface area contributed by atoms with Crippen LogP contribution in [-0.2, 0) is 4.74 Å². The number of aromatic carboxylic acids is 1. The van der Waals surface area contributed by atoms with Crippen molar-refractivity contribution >= 4 is 17.7 Å². The first kappa shape index (κ1) is 20.3. The molecule has 0 radical (unpaired) electrons. The molecule has 2 N–H and O–H groups in total. The fraction of sp³-hybridized carbons (Fsp3) is 0.130. The van der Waals surface area contributed by atoms with Gasteiger partial charge in [-0.05, 0) is 40.5 Å². The highest BCUT2D eigenvalue weighted by molar-refractivity contribution is 5.92. The molecule has 0 heterocycles. The number of fused-ring (bicyclic) bond motifs is 3. The molecule has 0 aliphatic heterocycles. The summed E-state index contributed by atoms with van der Waals surface area (Å²) in [5.74, 6) is -1.94. The molecule has 1 amide bonds. The Kier molecular flexibility index (Phi) is 5.53. The number of alkyl halides is 2. The van der Waals surface area contributed by atoms with Crippen LogP contribution >= 0.6 is 0 Å². The molecule has 4 rings (SSSR count). The van der Waals surface area contributed by atoms with Crippen molar-refractivity contribution < 1.29 is 33.0 Å². The van der Waals surface area contributed by atoms with Crippen LogP contribution < -0.4 is 10.1 Å². The van der Waals surface area contributed by atoms with E-state index in [2.05, 4.69) is 10.1 Å². The highest BCUT2D eigenvalue weighted by Gasteiger charge is 2.29. The van der Waals surface area contributed by atoms with Crippen LogP contribution in [0.15, 0.2) is 66.7 Å². The predicted octanol–water partition coefficient (Wildman–Crippen LogP) is 5.35. The lowest BCUT2D eigenvalue weighted by atomic mass is 9.98. The summed E-state index contributed by atoms with van der Waals surface area (Å²) in [6.07, 6.45) is -0.871. The molecule has 0 aromatic heterocycles. The number of carbonyl (C=O) groups is 2. The molecule has 0 atom stereocenters. The van der Waals surface area contributed by atoms with E-state index in [0.29, 0.717) is 0 Å². The Morgan fingerprint density at radius 3 is 2.16 bits per heavy atom. The monoisotopic (exact) mass is 425 g/mol. The van der Waals surface area contributed by atoms with E-state index in [1.807, 2.05) is 48.5 Å². The number of hydrogen-bond acceptors (Lipinski definition) is 4. The first-order valence-corrected chi connectivity index (χ1v) is 9.38. The van der Waals surface area contributed by atoms with Gasteiger partial charge in [-0.1, -0.05) is 48.5 Å². The van der Waals surface area contributed by atoms with Gasteiger partial charge in [0.2, 0.25) is 0 Å². The maximum atomic E-state index is 12.7. The summed E-state index contributed by atoms with van der Waals surface area (Å²) >= 11 is 0. The Morgan fingerprint density at radius 2 is 1.58 bits per heavy atom. The number of hydrogen-bond donors (Lipinski definition) is 2. The Hall–Kier alpha value is -3.94. The fourth-order valence-corrected chi connectivity index (χ4v) is 3.70. The quantitative estimate of drug-likeness (QED) is 0.556. The third-order valence-electron chi connectivity index (χ3n) is 5.03. The number of ether oxygens (including phenoxy) is 2. The average molecular weight is 425 g/mol. The van der Waals surface area contributed by atoms with Crippen LogP contribution in [-0.4, -0.2) is 30.4 Å². The van der Waals surface area contributed by atoms with Crippen molar-refractivity contribution in [1.82, 2.24) is 0 Å². The van der Waals surface area contributed by atoms with Gasteiger partial charge in [-0.3, -0.25) is 5.32 Å². The van der Waals surface area contributed by atoms with E-state index in [0.717, 1.165) is 28.3 Å². The minimum atomic E-state index is -3.19. The van der Waals surface area contributed by atoms with Gasteiger partial charge in [-0.15, -0.1) is 0 Å². The van der Waals surface area contributed by atoms with Crippen LogP contribution in [0.1, 0.15) is 27.4 Å². The van der Waals surface area contributed by atoms with Gasteiger partial charge in [0.1, 0.15) is 6.61 Å². The number of amides is 1.